The van der Waals surface area contributed by atoms with Crippen LogP contribution in [0.5, 0.6) is 0 Å². The van der Waals surface area contributed by atoms with Gasteiger partial charge in [-0.25, -0.2) is 14.3 Å². The third kappa shape index (κ3) is 5.38. The number of hydrogen-bond acceptors (Lipinski definition) is 6. The lowest BCUT2D eigenvalue weighted by Crippen LogP contribution is -2.45. The number of nitrogens with one attached hydrogen (secondary N) is 3. The van der Waals surface area contributed by atoms with E-state index in [-0.39, 0.29) is 21.2 Å². The minimum Gasteiger partial charge on any atom is -0.421 e. The Morgan fingerprint density at radius 1 is 1.09 bits per heavy atom. The molecule has 2 amide bonds. The van der Waals surface area contributed by atoms with Crippen molar-refractivity contribution in [2.45, 2.75) is 13.0 Å². The summed E-state index contributed by atoms with van der Waals surface area (Å²) in [5.74, 6) is -1.30. The molecule has 0 unspecified atom stereocenters. The maximum absolute atomic E-state index is 12.4. The molecule has 0 aliphatic rings. The van der Waals surface area contributed by atoms with Gasteiger partial charge < -0.3 is 4.42 Å². The third-order valence-electron chi connectivity index (χ3n) is 4.62. The molecule has 2 aromatic heterocycles. The largest absolute Gasteiger partial charge is 0.421 e. The molecule has 34 heavy (non-hydrogen) atoms. The van der Waals surface area contributed by atoms with E-state index >= 15 is 0 Å². The molecule has 0 fully saturated rings. The Hall–Kier alpha value is -3.41. The van der Waals surface area contributed by atoms with Gasteiger partial charge in [-0.15, -0.1) is 0 Å². The van der Waals surface area contributed by atoms with Crippen LogP contribution in [0.25, 0.3) is 11.0 Å². The minimum atomic E-state index is -0.954. The summed E-state index contributed by atoms with van der Waals surface area (Å²) in [5.41, 5.74) is 3.31. The summed E-state index contributed by atoms with van der Waals surface area (Å²) in [5, 5.41) is 4.82. The van der Waals surface area contributed by atoms with Gasteiger partial charge in [-0.2, -0.15) is 5.10 Å². The van der Waals surface area contributed by atoms with Crippen molar-refractivity contribution in [1.29, 1.82) is 0 Å². The third-order valence-corrected chi connectivity index (χ3v) is 5.64. The number of rotatable bonds is 5. The molecule has 2 aromatic carbocycles. The van der Waals surface area contributed by atoms with Crippen LogP contribution in [0.3, 0.4) is 0 Å². The molecule has 0 bridgehead atoms. The van der Waals surface area contributed by atoms with E-state index in [1.54, 1.807) is 0 Å². The van der Waals surface area contributed by atoms with E-state index in [4.69, 9.17) is 27.6 Å². The molecular formula is C21H14BrCl2N5O5. The van der Waals surface area contributed by atoms with Crippen LogP contribution in [0.4, 0.5) is 0 Å². The summed E-state index contributed by atoms with van der Waals surface area (Å²) in [6.07, 6.45) is 0.361. The Bertz CT molecular complexity index is 1530. The van der Waals surface area contributed by atoms with E-state index in [9.17, 15) is 19.2 Å². The first-order chi connectivity index (χ1) is 16.2. The Labute approximate surface area is 209 Å². The van der Waals surface area contributed by atoms with Crippen LogP contribution < -0.4 is 22.2 Å². The number of aromatic amines is 1. The highest BCUT2D eigenvalue weighted by Crippen LogP contribution is 2.27. The number of fused-ring (bicyclic) bond motifs is 1. The Kier molecular flexibility index (Phi) is 6.87. The normalized spacial score (nSPS) is 10.9. The lowest BCUT2D eigenvalue weighted by molar-refractivity contribution is -0.122. The van der Waals surface area contributed by atoms with Gasteiger partial charge in [-0.3, -0.25) is 25.4 Å². The van der Waals surface area contributed by atoms with Gasteiger partial charge >= 0.3 is 11.3 Å². The van der Waals surface area contributed by atoms with Crippen LogP contribution in [-0.2, 0) is 17.8 Å². The Morgan fingerprint density at radius 3 is 2.56 bits per heavy atom. The SMILES string of the molecule is O=C(Cn1nc(Cc2ccc(Br)cc2)[nH]c1=O)NNC(=O)c1cc2cc(Cl)cc(Cl)c2oc1=O. The number of benzene rings is 2. The molecule has 0 spiro atoms. The second kappa shape index (κ2) is 9.84. The molecule has 174 valence electrons. The lowest BCUT2D eigenvalue weighted by atomic mass is 10.1. The van der Waals surface area contributed by atoms with Crippen molar-refractivity contribution in [2.75, 3.05) is 0 Å². The number of H-pyrrole nitrogens is 1. The Morgan fingerprint density at radius 2 is 1.82 bits per heavy atom. The average molecular weight is 567 g/mol. The molecule has 3 N–H and O–H groups in total. The number of halogens is 3. The van der Waals surface area contributed by atoms with Gasteiger partial charge in [0.05, 0.1) is 5.02 Å². The first-order valence-corrected chi connectivity index (χ1v) is 11.2. The molecule has 13 heteroatoms. The number of amides is 2. The van der Waals surface area contributed by atoms with Gasteiger partial charge in [0.25, 0.3) is 11.8 Å². The second-order valence-electron chi connectivity index (χ2n) is 7.09. The number of carbonyl (C=O) groups is 2. The highest BCUT2D eigenvalue weighted by Gasteiger charge is 2.17. The summed E-state index contributed by atoms with van der Waals surface area (Å²) in [4.78, 5) is 51.4. The van der Waals surface area contributed by atoms with Crippen molar-refractivity contribution < 1.29 is 14.0 Å². The van der Waals surface area contributed by atoms with E-state index in [1.807, 2.05) is 24.3 Å². The van der Waals surface area contributed by atoms with Gasteiger partial charge in [0.2, 0.25) is 0 Å². The number of hydrogen-bond donors (Lipinski definition) is 3. The van der Waals surface area contributed by atoms with Crippen LogP contribution in [0, 0.1) is 0 Å². The summed E-state index contributed by atoms with van der Waals surface area (Å²) in [6.45, 7) is -0.465. The average Bonchev–Trinajstić information content (AvgIpc) is 3.12. The molecule has 10 nitrogen and oxygen atoms in total. The second-order valence-corrected chi connectivity index (χ2v) is 8.85. The molecule has 0 aliphatic carbocycles. The summed E-state index contributed by atoms with van der Waals surface area (Å²) in [6, 6.07) is 11.6. The van der Waals surface area contributed by atoms with Crippen molar-refractivity contribution in [2.24, 2.45) is 0 Å². The minimum absolute atomic E-state index is 0.0773. The molecule has 4 aromatic rings. The monoisotopic (exact) mass is 565 g/mol. The van der Waals surface area contributed by atoms with Crippen molar-refractivity contribution in [3.05, 3.63) is 94.8 Å². The van der Waals surface area contributed by atoms with E-state index in [0.717, 1.165) is 14.7 Å². The van der Waals surface area contributed by atoms with E-state index in [0.29, 0.717) is 17.6 Å². The molecule has 0 radical (unpaired) electrons. The van der Waals surface area contributed by atoms with Crippen LogP contribution in [0.2, 0.25) is 10.0 Å². The van der Waals surface area contributed by atoms with Crippen molar-refractivity contribution >= 4 is 61.9 Å². The quantitative estimate of drug-likeness (QED) is 0.251. The topological polar surface area (TPSA) is 139 Å². The van der Waals surface area contributed by atoms with Gasteiger partial charge in [-0.1, -0.05) is 51.3 Å². The molecule has 4 rings (SSSR count). The van der Waals surface area contributed by atoms with Crippen LogP contribution in [0.15, 0.2) is 60.9 Å². The fourth-order valence-corrected chi connectivity index (χ4v) is 3.88. The lowest BCUT2D eigenvalue weighted by Gasteiger charge is -2.07. The first-order valence-electron chi connectivity index (χ1n) is 9.62. The molecule has 2 heterocycles. The maximum Gasteiger partial charge on any atom is 0.349 e. The standard InChI is InChI=1S/C21H14BrCl2N5O5/c22-12-3-1-10(2-4-12)5-16-25-21(33)29(28-16)9-17(30)26-27-19(31)14-7-11-6-13(23)8-15(24)18(11)34-20(14)32/h1-4,6-8H,5,9H2,(H,26,30)(H,27,31)(H,25,28,33). The molecule has 0 atom stereocenters. The predicted molar refractivity (Wildman–Crippen MR) is 128 cm³/mol. The number of aromatic nitrogens is 3. The Balaban J connectivity index is 1.40. The van der Waals surface area contributed by atoms with Gasteiger partial charge in [0.15, 0.2) is 5.58 Å². The fraction of sp³-hybridized carbons (Fsp3) is 0.0952. The van der Waals surface area contributed by atoms with E-state index < -0.39 is 29.7 Å². The fourth-order valence-electron chi connectivity index (χ4n) is 3.07. The van der Waals surface area contributed by atoms with Crippen molar-refractivity contribution in [3.8, 4) is 0 Å². The van der Waals surface area contributed by atoms with Crippen molar-refractivity contribution in [3.63, 3.8) is 0 Å². The number of carbonyl (C=O) groups excluding carboxylic acids is 2. The highest BCUT2D eigenvalue weighted by molar-refractivity contribution is 9.10. The zero-order chi connectivity index (χ0) is 24.4. The molecule has 0 saturated carbocycles. The van der Waals surface area contributed by atoms with Gasteiger partial charge in [-0.05, 0) is 35.9 Å². The smallest absolute Gasteiger partial charge is 0.349 e. The molecule has 0 aliphatic heterocycles. The predicted octanol–water partition coefficient (Wildman–Crippen LogP) is 2.80. The van der Waals surface area contributed by atoms with E-state index in [2.05, 4.69) is 36.9 Å². The summed E-state index contributed by atoms with van der Waals surface area (Å²) < 4.78 is 6.93. The first kappa shape index (κ1) is 23.7. The zero-order valence-corrected chi connectivity index (χ0v) is 20.1. The maximum atomic E-state index is 12.4. The summed E-state index contributed by atoms with van der Waals surface area (Å²) >= 11 is 15.3. The van der Waals surface area contributed by atoms with E-state index in [1.165, 1.54) is 18.2 Å². The van der Waals surface area contributed by atoms with Gasteiger partial charge in [0, 0.05) is 21.3 Å². The summed E-state index contributed by atoms with van der Waals surface area (Å²) in [7, 11) is 0. The van der Waals surface area contributed by atoms with Crippen molar-refractivity contribution in [1.82, 2.24) is 25.6 Å². The number of hydrazine groups is 1. The number of nitrogens with zero attached hydrogens (tertiary/aromatic N) is 2. The van der Waals surface area contributed by atoms with Crippen LogP contribution in [-0.4, -0.2) is 26.6 Å². The van der Waals surface area contributed by atoms with Crippen LogP contribution in [0.1, 0.15) is 21.7 Å². The highest BCUT2D eigenvalue weighted by atomic mass is 79.9. The van der Waals surface area contributed by atoms with Gasteiger partial charge in [0.1, 0.15) is 17.9 Å². The zero-order valence-electron chi connectivity index (χ0n) is 17.0. The molecule has 0 saturated heterocycles. The molecular weight excluding hydrogens is 553 g/mol. The van der Waals surface area contributed by atoms with Crippen LogP contribution >= 0.6 is 39.1 Å².